The monoisotopic (exact) mass is 483 g/mol. The molecule has 8 nitrogen and oxygen atoms in total. The van der Waals surface area contributed by atoms with Crippen molar-refractivity contribution in [2.45, 2.75) is 12.8 Å². The lowest BCUT2D eigenvalue weighted by Crippen LogP contribution is -2.05. The van der Waals surface area contributed by atoms with E-state index in [4.69, 9.17) is 26.9 Å². The van der Waals surface area contributed by atoms with Crippen molar-refractivity contribution in [3.63, 3.8) is 0 Å². The van der Waals surface area contributed by atoms with Crippen LogP contribution in [0, 0.1) is 22.7 Å². The minimum absolute atomic E-state index is 0.102. The molecule has 3 rings (SSSR count). The molecular weight excluding hydrogens is 470 g/mol. The number of methoxy groups -OCH3 is 1. The van der Waals surface area contributed by atoms with Gasteiger partial charge in [0.05, 0.1) is 30.5 Å². The average molecular weight is 485 g/mol. The smallest absolute Gasteiger partial charge is 0.249 e. The summed E-state index contributed by atoms with van der Waals surface area (Å²) in [6.07, 6.45) is 1.01. The van der Waals surface area contributed by atoms with Gasteiger partial charge in [0.15, 0.2) is 11.0 Å². The number of nitrogens with zero attached hydrogens (tertiary/aromatic N) is 5. The van der Waals surface area contributed by atoms with E-state index >= 15 is 0 Å². The Hall–Kier alpha value is -3.40. The van der Waals surface area contributed by atoms with Crippen LogP contribution in [0.1, 0.15) is 17.5 Å². The maximum atomic E-state index is 8.90. The van der Waals surface area contributed by atoms with Crippen LogP contribution < -0.4 is 15.4 Å². The van der Waals surface area contributed by atoms with Crippen molar-refractivity contribution >= 4 is 50.7 Å². The number of aryl methyl sites for hydroxylation is 1. The molecule has 2 aromatic carbocycles. The van der Waals surface area contributed by atoms with Gasteiger partial charge in [0, 0.05) is 16.6 Å². The fourth-order valence-corrected chi connectivity index (χ4v) is 3.24. The molecule has 0 radical (unpaired) electrons. The van der Waals surface area contributed by atoms with Crippen LogP contribution in [-0.2, 0) is 6.42 Å². The summed E-state index contributed by atoms with van der Waals surface area (Å²) in [5.74, 6) is 1.10. The van der Waals surface area contributed by atoms with Gasteiger partial charge in [-0.1, -0.05) is 27.5 Å². The van der Waals surface area contributed by atoms with Crippen molar-refractivity contribution in [2.24, 2.45) is 0 Å². The van der Waals surface area contributed by atoms with Crippen LogP contribution in [0.3, 0.4) is 0 Å². The Morgan fingerprint density at radius 1 is 1.13 bits per heavy atom. The zero-order valence-corrected chi connectivity index (χ0v) is 18.1. The molecule has 0 aliphatic carbocycles. The maximum Gasteiger partial charge on any atom is 0.249 e. The summed E-state index contributed by atoms with van der Waals surface area (Å²) in [4.78, 5) is 4.38. The number of nitrogens with one attached hydrogen (secondary N) is 2. The van der Waals surface area contributed by atoms with Gasteiger partial charge in [0.25, 0.3) is 0 Å². The third-order valence-electron chi connectivity index (χ3n) is 4.04. The Morgan fingerprint density at radius 3 is 2.57 bits per heavy atom. The van der Waals surface area contributed by atoms with Gasteiger partial charge in [-0.25, -0.2) is 0 Å². The van der Waals surface area contributed by atoms with Crippen molar-refractivity contribution in [3.8, 4) is 17.9 Å². The van der Waals surface area contributed by atoms with Crippen LogP contribution in [0.25, 0.3) is 0 Å². The van der Waals surface area contributed by atoms with Crippen molar-refractivity contribution in [1.29, 1.82) is 10.5 Å². The molecule has 150 valence electrons. The zero-order chi connectivity index (χ0) is 21.5. The quantitative estimate of drug-likeness (QED) is 0.474. The number of anilines is 4. The molecule has 0 amide bonds. The lowest BCUT2D eigenvalue weighted by Gasteiger charge is -2.14. The lowest BCUT2D eigenvalue weighted by molar-refractivity contribution is 0.416. The molecule has 0 aliphatic heterocycles. The molecule has 30 heavy (non-hydrogen) atoms. The van der Waals surface area contributed by atoms with E-state index in [9.17, 15) is 0 Å². The first kappa shape index (κ1) is 21.3. The first-order valence-corrected chi connectivity index (χ1v) is 9.89. The molecule has 2 N–H and O–H groups in total. The molecule has 0 aliphatic rings. The van der Waals surface area contributed by atoms with Crippen LogP contribution in [0.2, 0.25) is 5.15 Å². The van der Waals surface area contributed by atoms with Gasteiger partial charge >= 0.3 is 0 Å². The number of halogens is 2. The van der Waals surface area contributed by atoms with Crippen molar-refractivity contribution < 1.29 is 4.74 Å². The van der Waals surface area contributed by atoms with Crippen molar-refractivity contribution in [1.82, 2.24) is 15.2 Å². The number of ether oxygens (including phenoxy) is 1. The number of hydrogen-bond donors (Lipinski definition) is 2. The SMILES string of the molecule is COc1cc(CCC#N)c(Br)cc1Nc1nnc(Cl)c(Nc2ccc(C#N)cc2)n1. The standard InChI is InChI=1S/C20H15BrClN7O/c1-30-17-9-13(3-2-8-23)15(21)10-16(17)26-20-27-19(18(22)28-29-20)25-14-6-4-12(11-24)5-7-14/h4-7,9-10H,2-3H2,1H3,(H2,25,26,27,29). The summed E-state index contributed by atoms with van der Waals surface area (Å²) in [5.41, 5.74) is 2.83. The molecule has 0 saturated heterocycles. The molecule has 1 aromatic heterocycles. The number of hydrogen-bond acceptors (Lipinski definition) is 8. The van der Waals surface area contributed by atoms with Crippen LogP contribution >= 0.6 is 27.5 Å². The van der Waals surface area contributed by atoms with Gasteiger partial charge in [-0.05, 0) is 48.4 Å². The number of nitriles is 2. The summed E-state index contributed by atoms with van der Waals surface area (Å²) < 4.78 is 6.29. The molecule has 10 heteroatoms. The minimum Gasteiger partial charge on any atom is -0.495 e. The van der Waals surface area contributed by atoms with E-state index in [0.717, 1.165) is 10.0 Å². The molecule has 0 unspecified atom stereocenters. The summed E-state index contributed by atoms with van der Waals surface area (Å²) in [5, 5.41) is 31.9. The molecule has 0 fully saturated rings. The lowest BCUT2D eigenvalue weighted by atomic mass is 10.1. The maximum absolute atomic E-state index is 8.90. The Labute approximate surface area is 186 Å². The van der Waals surface area contributed by atoms with Crippen LogP contribution in [0.4, 0.5) is 23.1 Å². The number of rotatable bonds is 7. The fourth-order valence-electron chi connectivity index (χ4n) is 2.57. The van der Waals surface area contributed by atoms with Gasteiger partial charge in [-0.15, -0.1) is 10.2 Å². The molecule has 1 heterocycles. The summed E-state index contributed by atoms with van der Waals surface area (Å²) >= 11 is 9.64. The number of aromatic nitrogens is 3. The molecule has 0 saturated carbocycles. The molecular formula is C20H15BrClN7O. The van der Waals surface area contributed by atoms with Gasteiger partial charge in [-0.2, -0.15) is 15.5 Å². The van der Waals surface area contributed by atoms with E-state index in [1.165, 1.54) is 0 Å². The van der Waals surface area contributed by atoms with Gasteiger partial charge < -0.3 is 15.4 Å². The predicted octanol–water partition coefficient (Wildman–Crippen LogP) is 5.11. The largest absolute Gasteiger partial charge is 0.495 e. The van der Waals surface area contributed by atoms with Crippen molar-refractivity contribution in [3.05, 3.63) is 57.2 Å². The van der Waals surface area contributed by atoms with E-state index in [1.807, 2.05) is 12.1 Å². The highest BCUT2D eigenvalue weighted by molar-refractivity contribution is 9.10. The average Bonchev–Trinajstić information content (AvgIpc) is 2.76. The molecule has 3 aromatic rings. The van der Waals surface area contributed by atoms with E-state index < -0.39 is 0 Å². The number of benzene rings is 2. The molecule has 0 bridgehead atoms. The minimum atomic E-state index is 0.102. The second-order valence-electron chi connectivity index (χ2n) is 6.02. The Bertz CT molecular complexity index is 1140. The fraction of sp³-hybridized carbons (Fsp3) is 0.150. The Morgan fingerprint density at radius 2 is 1.90 bits per heavy atom. The van der Waals surface area contributed by atoms with Crippen molar-refractivity contribution in [2.75, 3.05) is 17.7 Å². The van der Waals surface area contributed by atoms with Gasteiger partial charge in [0.2, 0.25) is 5.95 Å². The highest BCUT2D eigenvalue weighted by Crippen LogP contribution is 2.34. The predicted molar refractivity (Wildman–Crippen MR) is 117 cm³/mol. The van der Waals surface area contributed by atoms with Crippen LogP contribution in [0.5, 0.6) is 5.75 Å². The molecule has 0 spiro atoms. The van der Waals surface area contributed by atoms with E-state index in [1.54, 1.807) is 31.4 Å². The third-order valence-corrected chi connectivity index (χ3v) is 5.04. The third kappa shape index (κ3) is 5.15. The van der Waals surface area contributed by atoms with E-state index in [-0.39, 0.29) is 11.1 Å². The van der Waals surface area contributed by atoms with Crippen LogP contribution in [-0.4, -0.2) is 22.3 Å². The summed E-state index contributed by atoms with van der Waals surface area (Å²) in [6.45, 7) is 0. The summed E-state index contributed by atoms with van der Waals surface area (Å²) in [6, 6.07) is 14.7. The Balaban J connectivity index is 1.85. The van der Waals surface area contributed by atoms with E-state index in [2.05, 4.69) is 53.9 Å². The van der Waals surface area contributed by atoms with Gasteiger partial charge in [0.1, 0.15) is 5.75 Å². The normalized spacial score (nSPS) is 10.0. The highest BCUT2D eigenvalue weighted by Gasteiger charge is 2.13. The zero-order valence-electron chi connectivity index (χ0n) is 15.8. The second kappa shape index (κ2) is 9.88. The Kier molecular flexibility index (Phi) is 7.02. The molecule has 0 atom stereocenters. The topological polar surface area (TPSA) is 120 Å². The first-order chi connectivity index (χ1) is 14.5. The first-order valence-electron chi connectivity index (χ1n) is 8.72. The van der Waals surface area contributed by atoms with Gasteiger partial charge in [-0.3, -0.25) is 0 Å². The highest BCUT2D eigenvalue weighted by atomic mass is 79.9. The summed E-state index contributed by atoms with van der Waals surface area (Å²) in [7, 11) is 1.56. The second-order valence-corrected chi connectivity index (χ2v) is 7.23. The van der Waals surface area contributed by atoms with Crippen LogP contribution in [0.15, 0.2) is 40.9 Å². The van der Waals surface area contributed by atoms with E-state index in [0.29, 0.717) is 41.3 Å².